The van der Waals surface area contributed by atoms with Gasteiger partial charge in [-0.25, -0.2) is 0 Å². The Morgan fingerprint density at radius 1 is 1.06 bits per heavy atom. The Labute approximate surface area is 194 Å². The monoisotopic (exact) mass is 448 g/mol. The Balaban J connectivity index is 1.62. The summed E-state index contributed by atoms with van der Waals surface area (Å²) < 4.78 is 11.0. The van der Waals surface area contributed by atoms with Crippen molar-refractivity contribution in [3.8, 4) is 0 Å². The Morgan fingerprint density at radius 3 is 2.50 bits per heavy atom. The molecule has 0 aromatic rings. The molecule has 4 rings (SSSR count). The number of carbonyl (C=O) groups is 2. The number of hydrogen-bond donors (Lipinski definition) is 1. The molecule has 0 aromatic heterocycles. The summed E-state index contributed by atoms with van der Waals surface area (Å²) in [6.07, 6.45) is 9.81. The van der Waals surface area contributed by atoms with Gasteiger partial charge in [0.1, 0.15) is 6.10 Å². The van der Waals surface area contributed by atoms with Gasteiger partial charge in [0.05, 0.1) is 13.2 Å². The third kappa shape index (κ3) is 3.91. The lowest BCUT2D eigenvalue weighted by Crippen LogP contribution is -2.59. The van der Waals surface area contributed by atoms with Crippen molar-refractivity contribution in [2.24, 2.45) is 46.3 Å². The molecule has 5 heteroatoms. The van der Waals surface area contributed by atoms with Gasteiger partial charge in [0.2, 0.25) is 0 Å². The SMILES string of the molecule is COC(=O)CCC(C)C1CCC2C3CCC4CC(O)CCC4(C)C3CC(OC(C)=O)C12C. The third-order valence-electron chi connectivity index (χ3n) is 10.8. The van der Waals surface area contributed by atoms with Crippen LogP contribution in [-0.2, 0) is 19.1 Å². The van der Waals surface area contributed by atoms with Crippen LogP contribution in [0.2, 0.25) is 0 Å². The van der Waals surface area contributed by atoms with Crippen molar-refractivity contribution in [1.82, 2.24) is 0 Å². The van der Waals surface area contributed by atoms with E-state index in [9.17, 15) is 14.7 Å². The van der Waals surface area contributed by atoms with E-state index in [2.05, 4.69) is 20.8 Å². The molecule has 5 nitrogen and oxygen atoms in total. The summed E-state index contributed by atoms with van der Waals surface area (Å²) in [6, 6.07) is 0. The van der Waals surface area contributed by atoms with Gasteiger partial charge in [-0.3, -0.25) is 9.59 Å². The lowest BCUT2D eigenvalue weighted by molar-refractivity contribution is -0.196. The van der Waals surface area contributed by atoms with Crippen LogP contribution in [0.4, 0.5) is 0 Å². The molecule has 4 aliphatic carbocycles. The smallest absolute Gasteiger partial charge is 0.305 e. The van der Waals surface area contributed by atoms with Gasteiger partial charge in [0, 0.05) is 18.8 Å². The molecule has 182 valence electrons. The van der Waals surface area contributed by atoms with Crippen LogP contribution in [0.5, 0.6) is 0 Å². The third-order valence-corrected chi connectivity index (χ3v) is 10.8. The summed E-state index contributed by atoms with van der Waals surface area (Å²) in [5.74, 6) is 2.96. The highest BCUT2D eigenvalue weighted by atomic mass is 16.5. The number of fused-ring (bicyclic) bond motifs is 5. The maximum Gasteiger partial charge on any atom is 0.305 e. The fourth-order valence-electron chi connectivity index (χ4n) is 9.16. The zero-order valence-electron chi connectivity index (χ0n) is 20.8. The van der Waals surface area contributed by atoms with E-state index in [1.807, 2.05) is 0 Å². The Morgan fingerprint density at radius 2 is 1.81 bits per heavy atom. The summed E-state index contributed by atoms with van der Waals surface area (Å²) in [5.41, 5.74) is 0.218. The Kier molecular flexibility index (Phi) is 6.70. The fourth-order valence-corrected chi connectivity index (χ4v) is 9.16. The predicted molar refractivity (Wildman–Crippen MR) is 123 cm³/mol. The zero-order valence-corrected chi connectivity index (χ0v) is 20.8. The second-order valence-electron chi connectivity index (χ2n) is 12.1. The Bertz CT molecular complexity index is 721. The van der Waals surface area contributed by atoms with E-state index in [0.29, 0.717) is 41.9 Å². The summed E-state index contributed by atoms with van der Waals surface area (Å²) in [7, 11) is 1.46. The molecule has 1 N–H and O–H groups in total. The second-order valence-corrected chi connectivity index (χ2v) is 12.1. The van der Waals surface area contributed by atoms with E-state index in [0.717, 1.165) is 38.5 Å². The average Bonchev–Trinajstić information content (AvgIpc) is 3.11. The van der Waals surface area contributed by atoms with Gasteiger partial charge in [-0.05, 0) is 98.7 Å². The summed E-state index contributed by atoms with van der Waals surface area (Å²) in [4.78, 5) is 24.0. The number of hydrogen-bond acceptors (Lipinski definition) is 5. The molecular formula is C27H44O5. The van der Waals surface area contributed by atoms with Crippen molar-refractivity contribution in [3.05, 3.63) is 0 Å². The minimum absolute atomic E-state index is 0.0280. The van der Waals surface area contributed by atoms with Gasteiger partial charge in [-0.2, -0.15) is 0 Å². The van der Waals surface area contributed by atoms with Crippen molar-refractivity contribution in [3.63, 3.8) is 0 Å². The number of aliphatic hydroxyl groups excluding tert-OH is 1. The van der Waals surface area contributed by atoms with E-state index in [4.69, 9.17) is 9.47 Å². The number of ether oxygens (including phenoxy) is 2. The topological polar surface area (TPSA) is 72.8 Å². The lowest BCUT2D eigenvalue weighted by atomic mass is 9.43. The largest absolute Gasteiger partial charge is 0.469 e. The number of methoxy groups -OCH3 is 1. The number of esters is 2. The molecule has 0 bridgehead atoms. The molecule has 0 aliphatic heterocycles. The molecule has 4 fully saturated rings. The minimum atomic E-state index is -0.169. The van der Waals surface area contributed by atoms with Crippen LogP contribution < -0.4 is 0 Å². The van der Waals surface area contributed by atoms with Gasteiger partial charge in [0.25, 0.3) is 0 Å². The molecule has 0 spiro atoms. The second kappa shape index (κ2) is 8.92. The molecule has 10 unspecified atom stereocenters. The quantitative estimate of drug-likeness (QED) is 0.590. The van der Waals surface area contributed by atoms with E-state index in [1.54, 1.807) is 6.92 Å². The maximum absolute atomic E-state index is 12.2. The first-order valence-corrected chi connectivity index (χ1v) is 13.0. The van der Waals surface area contributed by atoms with Crippen LogP contribution in [0.3, 0.4) is 0 Å². The molecule has 4 aliphatic rings. The van der Waals surface area contributed by atoms with Crippen molar-refractivity contribution in [2.45, 2.75) is 104 Å². The molecule has 10 atom stereocenters. The molecule has 0 aromatic carbocycles. The van der Waals surface area contributed by atoms with E-state index in [1.165, 1.54) is 26.4 Å². The van der Waals surface area contributed by atoms with Crippen molar-refractivity contribution in [2.75, 3.05) is 7.11 Å². The van der Waals surface area contributed by atoms with Crippen molar-refractivity contribution in [1.29, 1.82) is 0 Å². The van der Waals surface area contributed by atoms with Crippen LogP contribution >= 0.6 is 0 Å². The van der Waals surface area contributed by atoms with Gasteiger partial charge < -0.3 is 14.6 Å². The average molecular weight is 449 g/mol. The molecule has 0 radical (unpaired) electrons. The highest BCUT2D eigenvalue weighted by Gasteiger charge is 2.64. The highest BCUT2D eigenvalue weighted by molar-refractivity contribution is 5.69. The van der Waals surface area contributed by atoms with E-state index < -0.39 is 0 Å². The van der Waals surface area contributed by atoms with Crippen LogP contribution in [0.15, 0.2) is 0 Å². The van der Waals surface area contributed by atoms with Gasteiger partial charge in [-0.1, -0.05) is 20.8 Å². The Hall–Kier alpha value is -1.10. The van der Waals surface area contributed by atoms with E-state index in [-0.39, 0.29) is 35.0 Å². The first kappa shape index (κ1) is 24.0. The number of rotatable bonds is 5. The standard InChI is InChI=1S/C27H44O5/c1-16(6-11-25(30)31-5)21-9-10-22-20-8-7-18-14-19(29)12-13-26(18,3)23(20)15-24(27(21,22)4)32-17(2)28/h16,18-24,29H,6-15H2,1-5H3. The van der Waals surface area contributed by atoms with Gasteiger partial charge in [-0.15, -0.1) is 0 Å². The van der Waals surface area contributed by atoms with Crippen molar-refractivity contribution >= 4 is 11.9 Å². The summed E-state index contributed by atoms with van der Waals surface area (Å²) in [6.45, 7) is 8.70. The first-order chi connectivity index (χ1) is 15.1. The molecule has 32 heavy (non-hydrogen) atoms. The molecule has 0 heterocycles. The van der Waals surface area contributed by atoms with Crippen LogP contribution in [0.25, 0.3) is 0 Å². The number of carbonyl (C=O) groups excluding carboxylic acids is 2. The lowest BCUT2D eigenvalue weighted by Gasteiger charge is -2.62. The molecular weight excluding hydrogens is 404 g/mol. The van der Waals surface area contributed by atoms with Crippen LogP contribution in [-0.4, -0.2) is 36.4 Å². The van der Waals surface area contributed by atoms with Gasteiger partial charge >= 0.3 is 11.9 Å². The fraction of sp³-hybridized carbons (Fsp3) is 0.926. The van der Waals surface area contributed by atoms with Crippen LogP contribution in [0, 0.1) is 46.3 Å². The zero-order chi connectivity index (χ0) is 23.3. The van der Waals surface area contributed by atoms with Crippen molar-refractivity contribution < 1.29 is 24.2 Å². The predicted octanol–water partition coefficient (Wildman–Crippen LogP) is 5.14. The maximum atomic E-state index is 12.2. The normalized spacial score (nSPS) is 46.4. The van der Waals surface area contributed by atoms with Crippen LogP contribution in [0.1, 0.15) is 91.9 Å². The molecule has 4 saturated carbocycles. The van der Waals surface area contributed by atoms with Gasteiger partial charge in [0.15, 0.2) is 0 Å². The molecule has 0 amide bonds. The minimum Gasteiger partial charge on any atom is -0.469 e. The van der Waals surface area contributed by atoms with E-state index >= 15 is 0 Å². The summed E-state index contributed by atoms with van der Waals surface area (Å²) in [5, 5.41) is 10.3. The molecule has 0 saturated heterocycles. The highest BCUT2D eigenvalue weighted by Crippen LogP contribution is 2.68. The summed E-state index contributed by atoms with van der Waals surface area (Å²) >= 11 is 0. The first-order valence-electron chi connectivity index (χ1n) is 13.0. The number of aliphatic hydroxyl groups is 1.